The first-order valence-corrected chi connectivity index (χ1v) is 8.11. The fraction of sp³-hybridized carbons (Fsp3) is 0.316. The molecule has 0 N–H and O–H groups in total. The Morgan fingerprint density at radius 3 is 2.79 bits per heavy atom. The number of likely N-dealkylation sites (tertiary alicyclic amines) is 1. The summed E-state index contributed by atoms with van der Waals surface area (Å²) in [5.41, 5.74) is 1.90. The SMILES string of the molecule is Cc1cc(OC2CCN(C(=O)/C=C/c3ccccc3)C2)nc(C)n1. The molecule has 2 aromatic rings. The molecule has 24 heavy (non-hydrogen) atoms. The van der Waals surface area contributed by atoms with Crippen molar-refractivity contribution in [3.63, 3.8) is 0 Å². The molecule has 0 spiro atoms. The average molecular weight is 323 g/mol. The molecule has 1 aliphatic heterocycles. The number of benzene rings is 1. The lowest BCUT2D eigenvalue weighted by atomic mass is 10.2. The van der Waals surface area contributed by atoms with Crippen LogP contribution in [0.5, 0.6) is 5.88 Å². The lowest BCUT2D eigenvalue weighted by Gasteiger charge is -2.15. The van der Waals surface area contributed by atoms with Gasteiger partial charge in [0.25, 0.3) is 0 Å². The maximum atomic E-state index is 12.3. The van der Waals surface area contributed by atoms with Crippen LogP contribution < -0.4 is 4.74 Å². The monoisotopic (exact) mass is 323 g/mol. The second kappa shape index (κ2) is 7.25. The molecule has 1 aromatic carbocycles. The van der Waals surface area contributed by atoms with Crippen molar-refractivity contribution < 1.29 is 9.53 Å². The molecule has 1 saturated heterocycles. The van der Waals surface area contributed by atoms with Gasteiger partial charge in [0.05, 0.1) is 6.54 Å². The lowest BCUT2D eigenvalue weighted by Crippen LogP contribution is -2.29. The third-order valence-corrected chi connectivity index (χ3v) is 3.90. The Morgan fingerprint density at radius 2 is 2.04 bits per heavy atom. The normalized spacial score (nSPS) is 17.4. The van der Waals surface area contributed by atoms with Crippen molar-refractivity contribution in [3.8, 4) is 5.88 Å². The van der Waals surface area contributed by atoms with Gasteiger partial charge in [0, 0.05) is 30.8 Å². The minimum Gasteiger partial charge on any atom is -0.472 e. The summed E-state index contributed by atoms with van der Waals surface area (Å²) in [6.07, 6.45) is 4.25. The Labute approximate surface area is 142 Å². The molecule has 1 atom stereocenters. The van der Waals surface area contributed by atoms with Gasteiger partial charge in [-0.15, -0.1) is 0 Å². The summed E-state index contributed by atoms with van der Waals surface area (Å²) < 4.78 is 5.91. The van der Waals surface area contributed by atoms with Crippen molar-refractivity contribution in [2.24, 2.45) is 0 Å². The van der Waals surface area contributed by atoms with Gasteiger partial charge in [0.1, 0.15) is 11.9 Å². The van der Waals surface area contributed by atoms with Gasteiger partial charge in [-0.05, 0) is 25.5 Å². The van der Waals surface area contributed by atoms with Gasteiger partial charge in [0.15, 0.2) is 0 Å². The third kappa shape index (κ3) is 4.19. The molecule has 1 amide bonds. The van der Waals surface area contributed by atoms with E-state index in [0.717, 1.165) is 17.7 Å². The van der Waals surface area contributed by atoms with E-state index in [1.807, 2.05) is 61.2 Å². The first-order valence-electron chi connectivity index (χ1n) is 8.11. The zero-order chi connectivity index (χ0) is 16.9. The summed E-state index contributed by atoms with van der Waals surface area (Å²) in [6, 6.07) is 11.6. The largest absolute Gasteiger partial charge is 0.472 e. The van der Waals surface area contributed by atoms with E-state index in [0.29, 0.717) is 24.8 Å². The maximum Gasteiger partial charge on any atom is 0.246 e. The number of carbonyl (C=O) groups is 1. The van der Waals surface area contributed by atoms with E-state index in [9.17, 15) is 4.79 Å². The van der Waals surface area contributed by atoms with Gasteiger partial charge in [0.2, 0.25) is 11.8 Å². The van der Waals surface area contributed by atoms with Crippen LogP contribution in [0.25, 0.3) is 6.08 Å². The number of amides is 1. The van der Waals surface area contributed by atoms with E-state index < -0.39 is 0 Å². The van der Waals surface area contributed by atoms with Gasteiger partial charge in [-0.2, -0.15) is 4.98 Å². The van der Waals surface area contributed by atoms with Crippen LogP contribution in [-0.2, 0) is 4.79 Å². The number of hydrogen-bond donors (Lipinski definition) is 0. The Bertz CT molecular complexity index is 723. The number of hydrogen-bond acceptors (Lipinski definition) is 4. The van der Waals surface area contributed by atoms with Crippen molar-refractivity contribution in [1.82, 2.24) is 14.9 Å². The summed E-state index contributed by atoms with van der Waals surface area (Å²) >= 11 is 0. The molecule has 2 heterocycles. The average Bonchev–Trinajstić information content (AvgIpc) is 3.01. The first-order chi connectivity index (χ1) is 11.6. The number of aromatic nitrogens is 2. The van der Waals surface area contributed by atoms with Crippen LogP contribution in [0.15, 0.2) is 42.5 Å². The lowest BCUT2D eigenvalue weighted by molar-refractivity contribution is -0.125. The smallest absolute Gasteiger partial charge is 0.246 e. The number of carbonyl (C=O) groups excluding carboxylic acids is 1. The highest BCUT2D eigenvalue weighted by atomic mass is 16.5. The zero-order valence-corrected chi connectivity index (χ0v) is 14.0. The van der Waals surface area contributed by atoms with Crippen LogP contribution >= 0.6 is 0 Å². The van der Waals surface area contributed by atoms with Crippen molar-refractivity contribution in [2.45, 2.75) is 26.4 Å². The molecule has 0 radical (unpaired) electrons. The molecule has 0 aliphatic carbocycles. The van der Waals surface area contributed by atoms with E-state index in [2.05, 4.69) is 9.97 Å². The number of aryl methyl sites for hydroxylation is 2. The molecule has 0 bridgehead atoms. The van der Waals surface area contributed by atoms with E-state index in [1.165, 1.54) is 0 Å². The highest BCUT2D eigenvalue weighted by Crippen LogP contribution is 2.18. The second-order valence-electron chi connectivity index (χ2n) is 5.95. The number of rotatable bonds is 4. The Balaban J connectivity index is 1.56. The molecule has 0 saturated carbocycles. The fourth-order valence-electron chi connectivity index (χ4n) is 2.78. The summed E-state index contributed by atoms with van der Waals surface area (Å²) in [7, 11) is 0. The summed E-state index contributed by atoms with van der Waals surface area (Å²) in [5, 5.41) is 0. The number of ether oxygens (including phenoxy) is 1. The minimum atomic E-state index is -0.0206. The summed E-state index contributed by atoms with van der Waals surface area (Å²) in [6.45, 7) is 5.05. The van der Waals surface area contributed by atoms with Gasteiger partial charge < -0.3 is 9.64 Å². The highest BCUT2D eigenvalue weighted by Gasteiger charge is 2.26. The molecular formula is C19H21N3O2. The van der Waals surface area contributed by atoms with E-state index in [1.54, 1.807) is 6.08 Å². The second-order valence-corrected chi connectivity index (χ2v) is 5.95. The standard InChI is InChI=1S/C19H21N3O2/c1-14-12-18(21-15(2)20-14)24-17-10-11-22(13-17)19(23)9-8-16-6-4-3-5-7-16/h3-9,12,17H,10-11,13H2,1-2H3/b9-8+. The zero-order valence-electron chi connectivity index (χ0n) is 14.0. The predicted octanol–water partition coefficient (Wildman–Crippen LogP) is 2.79. The molecule has 5 nitrogen and oxygen atoms in total. The van der Waals surface area contributed by atoms with Crippen LogP contribution in [0.2, 0.25) is 0 Å². The molecule has 5 heteroatoms. The predicted molar refractivity (Wildman–Crippen MR) is 92.6 cm³/mol. The molecule has 1 fully saturated rings. The summed E-state index contributed by atoms with van der Waals surface area (Å²) in [5.74, 6) is 1.29. The van der Waals surface area contributed by atoms with E-state index in [-0.39, 0.29) is 12.0 Å². The van der Waals surface area contributed by atoms with Gasteiger partial charge in [-0.25, -0.2) is 4.98 Å². The molecular weight excluding hydrogens is 302 g/mol. The van der Waals surface area contributed by atoms with Crippen molar-refractivity contribution >= 4 is 12.0 Å². The molecule has 124 valence electrons. The van der Waals surface area contributed by atoms with Crippen LogP contribution in [0.3, 0.4) is 0 Å². The van der Waals surface area contributed by atoms with Gasteiger partial charge >= 0.3 is 0 Å². The third-order valence-electron chi connectivity index (χ3n) is 3.90. The Hall–Kier alpha value is -2.69. The minimum absolute atomic E-state index is 0.0139. The maximum absolute atomic E-state index is 12.3. The Morgan fingerprint density at radius 1 is 1.25 bits per heavy atom. The molecule has 1 aliphatic rings. The van der Waals surface area contributed by atoms with E-state index >= 15 is 0 Å². The summed E-state index contributed by atoms with van der Waals surface area (Å²) in [4.78, 5) is 22.6. The van der Waals surface area contributed by atoms with Crippen LogP contribution in [0.1, 0.15) is 23.5 Å². The van der Waals surface area contributed by atoms with Gasteiger partial charge in [-0.1, -0.05) is 30.3 Å². The van der Waals surface area contributed by atoms with Crippen LogP contribution in [0, 0.1) is 13.8 Å². The highest BCUT2D eigenvalue weighted by molar-refractivity contribution is 5.92. The topological polar surface area (TPSA) is 55.3 Å². The van der Waals surface area contributed by atoms with Crippen molar-refractivity contribution in [3.05, 3.63) is 59.6 Å². The number of nitrogens with zero attached hydrogens (tertiary/aromatic N) is 3. The molecule has 1 aromatic heterocycles. The Kier molecular flexibility index (Phi) is 4.89. The van der Waals surface area contributed by atoms with Crippen molar-refractivity contribution in [2.75, 3.05) is 13.1 Å². The van der Waals surface area contributed by atoms with Crippen molar-refractivity contribution in [1.29, 1.82) is 0 Å². The molecule has 1 unspecified atom stereocenters. The van der Waals surface area contributed by atoms with E-state index in [4.69, 9.17) is 4.74 Å². The fourth-order valence-corrected chi connectivity index (χ4v) is 2.78. The quantitative estimate of drug-likeness (QED) is 0.812. The van der Waals surface area contributed by atoms with Gasteiger partial charge in [-0.3, -0.25) is 4.79 Å². The van der Waals surface area contributed by atoms with Crippen LogP contribution in [-0.4, -0.2) is 40.0 Å². The molecule has 3 rings (SSSR count). The van der Waals surface area contributed by atoms with Crippen LogP contribution in [0.4, 0.5) is 0 Å². The first kappa shape index (κ1) is 16.2.